The van der Waals surface area contributed by atoms with E-state index < -0.39 is 6.10 Å². The molecule has 2 atom stereocenters. The smallest absolute Gasteiger partial charge is 0.138 e. The van der Waals surface area contributed by atoms with Crippen molar-refractivity contribution in [1.82, 2.24) is 0 Å². The van der Waals surface area contributed by atoms with Crippen molar-refractivity contribution >= 4 is 5.78 Å². The Bertz CT molecular complexity index is 319. The van der Waals surface area contributed by atoms with Gasteiger partial charge in [0, 0.05) is 12.3 Å². The summed E-state index contributed by atoms with van der Waals surface area (Å²) in [4.78, 5) is 11.8. The van der Waals surface area contributed by atoms with Crippen LogP contribution in [0.3, 0.4) is 0 Å². The molecule has 1 N–H and O–H groups in total. The number of Topliss-reactive ketones (excluding diaryl/α,β-unsaturated/α-hetero) is 1. The number of hydrogen-bond acceptors (Lipinski definition) is 2. The van der Waals surface area contributed by atoms with Gasteiger partial charge in [-0.3, -0.25) is 4.79 Å². The number of hydrogen-bond donors (Lipinski definition) is 1. The number of aliphatic hydroxyl groups excluding tert-OH is 1. The molecule has 0 aliphatic carbocycles. The molecule has 0 bridgehead atoms. The Morgan fingerprint density at radius 1 is 1.25 bits per heavy atom. The van der Waals surface area contributed by atoms with Gasteiger partial charge in [-0.1, -0.05) is 44.2 Å². The molecule has 0 amide bonds. The topological polar surface area (TPSA) is 37.3 Å². The van der Waals surface area contributed by atoms with Crippen molar-refractivity contribution in [2.75, 3.05) is 0 Å². The van der Waals surface area contributed by atoms with Gasteiger partial charge in [0.2, 0.25) is 0 Å². The number of ketones is 1. The highest BCUT2D eigenvalue weighted by Crippen LogP contribution is 2.26. The van der Waals surface area contributed by atoms with E-state index in [0.29, 0.717) is 12.8 Å². The highest BCUT2D eigenvalue weighted by atomic mass is 16.3. The summed E-state index contributed by atoms with van der Waals surface area (Å²) < 4.78 is 0. The van der Waals surface area contributed by atoms with Crippen LogP contribution in [-0.2, 0) is 4.79 Å². The predicted octanol–water partition coefficient (Wildman–Crippen LogP) is 3.12. The van der Waals surface area contributed by atoms with Gasteiger partial charge in [-0.2, -0.15) is 0 Å². The lowest BCUT2D eigenvalue weighted by molar-refractivity contribution is -0.126. The summed E-state index contributed by atoms with van der Waals surface area (Å²) in [6.07, 6.45) is 1.43. The fraction of sp³-hybridized carbons (Fsp3) is 0.500. The van der Waals surface area contributed by atoms with E-state index in [4.69, 9.17) is 0 Å². The van der Waals surface area contributed by atoms with E-state index in [0.717, 1.165) is 12.0 Å². The van der Waals surface area contributed by atoms with Gasteiger partial charge in [0.15, 0.2) is 0 Å². The zero-order valence-corrected chi connectivity index (χ0v) is 10.0. The second kappa shape index (κ2) is 6.44. The third kappa shape index (κ3) is 3.17. The lowest BCUT2D eigenvalue weighted by Crippen LogP contribution is -2.21. The van der Waals surface area contributed by atoms with E-state index >= 15 is 0 Å². The Labute approximate surface area is 97.3 Å². The van der Waals surface area contributed by atoms with E-state index in [1.165, 1.54) is 0 Å². The minimum absolute atomic E-state index is 0.168. The number of rotatable bonds is 6. The first-order chi connectivity index (χ1) is 7.70. The van der Waals surface area contributed by atoms with Crippen molar-refractivity contribution in [2.45, 2.75) is 39.2 Å². The minimum Gasteiger partial charge on any atom is -0.388 e. The zero-order chi connectivity index (χ0) is 12.0. The van der Waals surface area contributed by atoms with Gasteiger partial charge in [0.05, 0.1) is 6.10 Å². The molecule has 0 radical (unpaired) electrons. The molecule has 0 aromatic heterocycles. The van der Waals surface area contributed by atoms with Crippen LogP contribution in [0.2, 0.25) is 0 Å². The summed E-state index contributed by atoms with van der Waals surface area (Å²) in [5.74, 6) is -0.0938. The third-order valence-corrected chi connectivity index (χ3v) is 2.87. The van der Waals surface area contributed by atoms with E-state index in [-0.39, 0.29) is 11.7 Å². The van der Waals surface area contributed by atoms with Crippen molar-refractivity contribution in [3.8, 4) is 0 Å². The lowest BCUT2D eigenvalue weighted by atomic mass is 9.88. The molecule has 88 valence electrons. The van der Waals surface area contributed by atoms with Gasteiger partial charge in [0.25, 0.3) is 0 Å². The highest BCUT2D eigenvalue weighted by Gasteiger charge is 2.25. The van der Waals surface area contributed by atoms with Gasteiger partial charge < -0.3 is 5.11 Å². The molecule has 1 aromatic carbocycles. The quantitative estimate of drug-likeness (QED) is 0.799. The monoisotopic (exact) mass is 220 g/mol. The Balaban J connectivity index is 2.77. The maximum absolute atomic E-state index is 11.8. The maximum atomic E-state index is 11.8. The fourth-order valence-corrected chi connectivity index (χ4v) is 1.94. The maximum Gasteiger partial charge on any atom is 0.138 e. The Kier molecular flexibility index (Phi) is 5.20. The minimum atomic E-state index is -0.662. The van der Waals surface area contributed by atoms with E-state index in [1.807, 2.05) is 44.2 Å². The van der Waals surface area contributed by atoms with E-state index in [2.05, 4.69) is 0 Å². The first-order valence-corrected chi connectivity index (χ1v) is 5.96. The van der Waals surface area contributed by atoms with Crippen LogP contribution in [0.1, 0.15) is 44.8 Å². The van der Waals surface area contributed by atoms with Crippen molar-refractivity contribution in [1.29, 1.82) is 0 Å². The Morgan fingerprint density at radius 2 is 1.88 bits per heavy atom. The number of carbonyl (C=O) groups excluding carboxylic acids is 1. The van der Waals surface area contributed by atoms with Crippen molar-refractivity contribution < 1.29 is 9.90 Å². The largest absolute Gasteiger partial charge is 0.388 e. The molecule has 0 aliphatic heterocycles. The zero-order valence-electron chi connectivity index (χ0n) is 10.0. The van der Waals surface area contributed by atoms with Crippen LogP contribution in [0.5, 0.6) is 0 Å². The molecule has 16 heavy (non-hydrogen) atoms. The van der Waals surface area contributed by atoms with E-state index in [1.54, 1.807) is 0 Å². The molecule has 0 fully saturated rings. The van der Waals surface area contributed by atoms with Gasteiger partial charge in [-0.15, -0.1) is 0 Å². The van der Waals surface area contributed by atoms with Crippen molar-refractivity contribution in [3.63, 3.8) is 0 Å². The molecule has 0 saturated heterocycles. The molecule has 0 spiro atoms. The van der Waals surface area contributed by atoms with E-state index in [9.17, 15) is 9.90 Å². The van der Waals surface area contributed by atoms with Crippen LogP contribution in [0.4, 0.5) is 0 Å². The predicted molar refractivity (Wildman–Crippen MR) is 65.1 cm³/mol. The van der Waals surface area contributed by atoms with Crippen LogP contribution >= 0.6 is 0 Å². The lowest BCUT2D eigenvalue weighted by Gasteiger charge is -2.20. The molecular weight excluding hydrogens is 200 g/mol. The summed E-state index contributed by atoms with van der Waals surface area (Å²) in [5.41, 5.74) is 0.832. The second-order valence-electron chi connectivity index (χ2n) is 4.09. The summed E-state index contributed by atoms with van der Waals surface area (Å²) in [6.45, 7) is 3.93. The van der Waals surface area contributed by atoms with Crippen LogP contribution in [0.25, 0.3) is 0 Å². The normalized spacial score (nSPS) is 14.4. The van der Waals surface area contributed by atoms with Crippen molar-refractivity contribution in [3.05, 3.63) is 35.9 Å². The Morgan fingerprint density at radius 3 is 2.38 bits per heavy atom. The molecule has 2 nitrogen and oxygen atoms in total. The van der Waals surface area contributed by atoms with Gasteiger partial charge in [0.1, 0.15) is 5.78 Å². The van der Waals surface area contributed by atoms with Gasteiger partial charge in [-0.25, -0.2) is 0 Å². The van der Waals surface area contributed by atoms with Gasteiger partial charge in [-0.05, 0) is 18.4 Å². The fourth-order valence-electron chi connectivity index (χ4n) is 1.94. The molecule has 2 heteroatoms. The molecule has 0 aliphatic rings. The number of aliphatic hydroxyl groups is 1. The average Bonchev–Trinajstić information content (AvgIpc) is 2.31. The summed E-state index contributed by atoms with van der Waals surface area (Å²) >= 11 is 0. The number of carbonyl (C=O) groups is 1. The van der Waals surface area contributed by atoms with Crippen LogP contribution < -0.4 is 0 Å². The molecular formula is C14H20O2. The summed E-state index contributed by atoms with van der Waals surface area (Å²) in [7, 11) is 0. The van der Waals surface area contributed by atoms with Crippen LogP contribution in [0, 0.1) is 5.92 Å². The SMILES string of the molecule is CCCC(=O)C(CC)C(O)c1ccccc1. The molecule has 0 heterocycles. The molecule has 1 aromatic rings. The first kappa shape index (κ1) is 12.9. The summed E-state index contributed by atoms with van der Waals surface area (Å²) in [6, 6.07) is 9.41. The molecule has 1 rings (SSSR count). The first-order valence-electron chi connectivity index (χ1n) is 5.96. The third-order valence-electron chi connectivity index (χ3n) is 2.87. The van der Waals surface area contributed by atoms with Crippen LogP contribution in [-0.4, -0.2) is 10.9 Å². The number of benzene rings is 1. The standard InChI is InChI=1S/C14H20O2/c1-3-8-13(15)12(4-2)14(16)11-9-6-5-7-10-11/h5-7,9-10,12,14,16H,3-4,8H2,1-2H3. The Hall–Kier alpha value is -1.15. The second-order valence-corrected chi connectivity index (χ2v) is 4.09. The highest BCUT2D eigenvalue weighted by molar-refractivity contribution is 5.81. The van der Waals surface area contributed by atoms with Crippen LogP contribution in [0.15, 0.2) is 30.3 Å². The molecule has 2 unspecified atom stereocenters. The van der Waals surface area contributed by atoms with Gasteiger partial charge >= 0.3 is 0 Å². The average molecular weight is 220 g/mol. The molecule has 0 saturated carbocycles. The summed E-state index contributed by atoms with van der Waals surface area (Å²) in [5, 5.41) is 10.2. The van der Waals surface area contributed by atoms with Crippen molar-refractivity contribution in [2.24, 2.45) is 5.92 Å².